The van der Waals surface area contributed by atoms with Gasteiger partial charge in [0.05, 0.1) is 5.69 Å². The largest absolute Gasteiger partial charge is 0.359 e. The number of amides is 3. The van der Waals surface area contributed by atoms with Gasteiger partial charge in [0.2, 0.25) is 0 Å². The molecule has 2 aromatic rings. The maximum atomic E-state index is 13.5. The maximum Gasteiger partial charge on any atom is 0.329 e. The molecular formula is C22H25BrN4O3. The minimum absolute atomic E-state index is 0.229. The van der Waals surface area contributed by atoms with Gasteiger partial charge in [-0.25, -0.2) is 4.79 Å². The number of likely N-dealkylation sites (tertiary alicyclic amines) is 1. The lowest BCUT2D eigenvalue weighted by atomic mass is 9.94. The Morgan fingerprint density at radius 2 is 2.07 bits per heavy atom. The average molecular weight is 473 g/mol. The molecule has 4 rings (SSSR count). The smallest absolute Gasteiger partial charge is 0.329 e. The maximum absolute atomic E-state index is 13.5. The van der Waals surface area contributed by atoms with Gasteiger partial charge in [-0.15, -0.1) is 0 Å². The Kier molecular flexibility index (Phi) is 5.81. The van der Waals surface area contributed by atoms with Crippen molar-refractivity contribution in [1.82, 2.24) is 10.2 Å². The summed E-state index contributed by atoms with van der Waals surface area (Å²) in [5.74, 6) is -0.622. The second-order valence-corrected chi connectivity index (χ2v) is 8.51. The normalized spacial score (nSPS) is 23.8. The number of para-hydroxylation sites is 1. The first-order chi connectivity index (χ1) is 14.4. The van der Waals surface area contributed by atoms with E-state index in [-0.39, 0.29) is 6.04 Å². The van der Waals surface area contributed by atoms with Gasteiger partial charge in [0, 0.05) is 28.3 Å². The Morgan fingerprint density at radius 1 is 1.30 bits per heavy atom. The quantitative estimate of drug-likeness (QED) is 0.623. The minimum atomic E-state index is -2.18. The third-order valence-corrected chi connectivity index (χ3v) is 6.35. The van der Waals surface area contributed by atoms with Gasteiger partial charge in [0.15, 0.2) is 0 Å². The van der Waals surface area contributed by atoms with Crippen LogP contribution in [-0.4, -0.2) is 47.6 Å². The number of hydrogen-bond donors (Lipinski definition) is 3. The van der Waals surface area contributed by atoms with Crippen molar-refractivity contribution in [2.75, 3.05) is 29.9 Å². The minimum Gasteiger partial charge on any atom is -0.359 e. The molecule has 0 bridgehead atoms. The van der Waals surface area contributed by atoms with E-state index in [1.165, 1.54) is 0 Å². The van der Waals surface area contributed by atoms with E-state index in [1.54, 1.807) is 42.5 Å². The third kappa shape index (κ3) is 3.59. The van der Waals surface area contributed by atoms with Gasteiger partial charge in [-0.2, -0.15) is 0 Å². The molecule has 2 heterocycles. The van der Waals surface area contributed by atoms with Gasteiger partial charge in [-0.05, 0) is 56.3 Å². The summed E-state index contributed by atoms with van der Waals surface area (Å²) < 4.78 is 0.699. The summed E-state index contributed by atoms with van der Waals surface area (Å²) >= 11 is 3.41. The average Bonchev–Trinajstić information content (AvgIpc) is 3.21. The Bertz CT molecular complexity index is 955. The van der Waals surface area contributed by atoms with Crippen molar-refractivity contribution >= 4 is 39.2 Å². The molecule has 30 heavy (non-hydrogen) atoms. The molecule has 0 spiro atoms. The highest BCUT2D eigenvalue weighted by molar-refractivity contribution is 9.10. The first-order valence-corrected chi connectivity index (χ1v) is 11.0. The van der Waals surface area contributed by atoms with Gasteiger partial charge in [-0.1, -0.05) is 41.1 Å². The Morgan fingerprint density at radius 3 is 2.80 bits per heavy atom. The summed E-state index contributed by atoms with van der Waals surface area (Å²) in [6.07, 6.45) is 2.09. The van der Waals surface area contributed by atoms with E-state index in [4.69, 9.17) is 0 Å². The van der Waals surface area contributed by atoms with Crippen molar-refractivity contribution in [1.29, 1.82) is 0 Å². The van der Waals surface area contributed by atoms with E-state index in [2.05, 4.69) is 38.4 Å². The van der Waals surface area contributed by atoms with Crippen molar-refractivity contribution in [2.45, 2.75) is 31.5 Å². The number of carbonyl (C=O) groups excluding carboxylic acids is 2. The molecule has 2 aliphatic rings. The van der Waals surface area contributed by atoms with Crippen LogP contribution >= 0.6 is 15.9 Å². The number of hydrogen-bond acceptors (Lipinski definition) is 4. The number of rotatable bonds is 5. The standard InChI is InChI=1S/C22H25BrN4O3/c1-2-26-12-6-9-17(26)14-24-20(28)22(30)18-13-15(23)10-11-19(18)25-21(29)27(22)16-7-4-3-5-8-16/h3-5,7-8,10-11,13,17,30H,2,6,9,12,14H2,1H3,(H,24,28)(H,25,29). The second-order valence-electron chi connectivity index (χ2n) is 7.60. The number of nitrogens with zero attached hydrogens (tertiary/aromatic N) is 2. The molecule has 2 unspecified atom stereocenters. The molecule has 2 atom stereocenters. The summed E-state index contributed by atoms with van der Waals surface area (Å²) in [5.41, 5.74) is -1.03. The fourth-order valence-electron chi connectivity index (χ4n) is 4.33. The van der Waals surface area contributed by atoms with Crippen molar-refractivity contribution in [3.63, 3.8) is 0 Å². The molecular weight excluding hydrogens is 448 g/mol. The third-order valence-electron chi connectivity index (χ3n) is 5.86. The van der Waals surface area contributed by atoms with Crippen LogP contribution in [0.15, 0.2) is 53.0 Å². The molecule has 0 aromatic heterocycles. The van der Waals surface area contributed by atoms with Gasteiger partial charge < -0.3 is 15.7 Å². The number of likely N-dealkylation sites (N-methyl/N-ethyl adjacent to an activating group) is 1. The molecule has 0 saturated carbocycles. The second kappa shape index (κ2) is 8.37. The highest BCUT2D eigenvalue weighted by Gasteiger charge is 2.52. The highest BCUT2D eigenvalue weighted by Crippen LogP contribution is 2.41. The molecule has 3 N–H and O–H groups in total. The van der Waals surface area contributed by atoms with Gasteiger partial charge in [0.1, 0.15) is 0 Å². The van der Waals surface area contributed by atoms with E-state index < -0.39 is 17.7 Å². The Labute approximate surface area is 184 Å². The predicted octanol–water partition coefficient (Wildman–Crippen LogP) is 3.25. The fourth-order valence-corrected chi connectivity index (χ4v) is 4.69. The van der Waals surface area contributed by atoms with Crippen LogP contribution in [0.5, 0.6) is 0 Å². The molecule has 8 heteroatoms. The van der Waals surface area contributed by atoms with Gasteiger partial charge in [0.25, 0.3) is 11.6 Å². The monoisotopic (exact) mass is 472 g/mol. The van der Waals surface area contributed by atoms with Gasteiger partial charge in [-0.3, -0.25) is 14.6 Å². The fraction of sp³-hybridized carbons (Fsp3) is 0.364. The van der Waals surface area contributed by atoms with Crippen LogP contribution in [0.1, 0.15) is 25.3 Å². The molecule has 158 valence electrons. The first-order valence-electron chi connectivity index (χ1n) is 10.2. The van der Waals surface area contributed by atoms with Crippen LogP contribution in [0.3, 0.4) is 0 Å². The predicted molar refractivity (Wildman–Crippen MR) is 119 cm³/mol. The van der Waals surface area contributed by atoms with Crippen molar-refractivity contribution < 1.29 is 14.7 Å². The summed E-state index contributed by atoms with van der Waals surface area (Å²) in [4.78, 5) is 29.9. The highest BCUT2D eigenvalue weighted by atomic mass is 79.9. The summed E-state index contributed by atoms with van der Waals surface area (Å²) in [6, 6.07) is 13.5. The number of anilines is 2. The van der Waals surface area contributed by atoms with Crippen LogP contribution in [-0.2, 0) is 10.5 Å². The van der Waals surface area contributed by atoms with Gasteiger partial charge >= 0.3 is 6.03 Å². The van der Waals surface area contributed by atoms with Crippen molar-refractivity contribution in [3.05, 3.63) is 58.6 Å². The molecule has 2 aliphatic heterocycles. The van der Waals surface area contributed by atoms with E-state index in [1.807, 2.05) is 6.07 Å². The molecule has 2 aromatic carbocycles. The summed E-state index contributed by atoms with van der Waals surface area (Å²) in [5, 5.41) is 17.5. The van der Waals surface area contributed by atoms with E-state index in [0.717, 1.165) is 30.8 Å². The first kappa shape index (κ1) is 20.8. The number of halogens is 1. The zero-order chi connectivity index (χ0) is 21.3. The van der Waals surface area contributed by atoms with Crippen LogP contribution in [0, 0.1) is 0 Å². The van der Waals surface area contributed by atoms with E-state index >= 15 is 0 Å². The van der Waals surface area contributed by atoms with E-state index in [0.29, 0.717) is 28.0 Å². The molecule has 7 nitrogen and oxygen atoms in total. The van der Waals surface area contributed by atoms with Crippen molar-refractivity contribution in [3.8, 4) is 0 Å². The lowest BCUT2D eigenvalue weighted by molar-refractivity contribution is -0.140. The van der Waals surface area contributed by atoms with Crippen molar-refractivity contribution in [2.24, 2.45) is 0 Å². The molecule has 1 fully saturated rings. The van der Waals surface area contributed by atoms with Crippen LogP contribution < -0.4 is 15.5 Å². The molecule has 0 radical (unpaired) electrons. The zero-order valence-electron chi connectivity index (χ0n) is 16.8. The number of urea groups is 1. The SMILES string of the molecule is CCN1CCCC1CNC(=O)C1(O)c2cc(Br)ccc2NC(=O)N1c1ccccc1. The number of aliphatic hydroxyl groups is 1. The Hall–Kier alpha value is -2.42. The van der Waals surface area contributed by atoms with Crippen LogP contribution in [0.4, 0.5) is 16.2 Å². The summed E-state index contributed by atoms with van der Waals surface area (Å²) in [6.45, 7) is 4.45. The van der Waals surface area contributed by atoms with E-state index in [9.17, 15) is 14.7 Å². The number of carbonyl (C=O) groups is 2. The number of benzene rings is 2. The van der Waals surface area contributed by atoms with Crippen LogP contribution in [0.2, 0.25) is 0 Å². The lowest BCUT2D eigenvalue weighted by Crippen LogP contribution is -2.63. The molecule has 0 aliphatic carbocycles. The topological polar surface area (TPSA) is 84.9 Å². The molecule has 3 amide bonds. The number of fused-ring (bicyclic) bond motifs is 1. The zero-order valence-corrected chi connectivity index (χ0v) is 18.4. The Balaban J connectivity index is 1.72. The van der Waals surface area contributed by atoms with Crippen LogP contribution in [0.25, 0.3) is 0 Å². The molecule has 1 saturated heterocycles. The number of nitrogens with one attached hydrogen (secondary N) is 2. The summed E-state index contributed by atoms with van der Waals surface area (Å²) in [7, 11) is 0. The lowest BCUT2D eigenvalue weighted by Gasteiger charge is -2.43.